The van der Waals surface area contributed by atoms with Gasteiger partial charge in [0.25, 0.3) is 11.8 Å². The monoisotopic (exact) mass is 472 g/mol. The van der Waals surface area contributed by atoms with Gasteiger partial charge in [0.15, 0.2) is 0 Å². The minimum Gasteiger partial charge on any atom is -0.352 e. The second kappa shape index (κ2) is 9.66. The molecular formula is C24H23F3N4O3. The van der Waals surface area contributed by atoms with Gasteiger partial charge in [-0.3, -0.25) is 19.4 Å². The first kappa shape index (κ1) is 23.5. The summed E-state index contributed by atoms with van der Waals surface area (Å²) in [6, 6.07) is 6.43. The Morgan fingerprint density at radius 2 is 1.88 bits per heavy atom. The number of anilines is 1. The van der Waals surface area contributed by atoms with Crippen LogP contribution < -0.4 is 10.2 Å². The molecule has 0 unspecified atom stereocenters. The summed E-state index contributed by atoms with van der Waals surface area (Å²) in [5, 5.41) is 2.83. The van der Waals surface area contributed by atoms with Gasteiger partial charge >= 0.3 is 12.2 Å². The maximum Gasteiger partial charge on any atom is 0.417 e. The average molecular weight is 472 g/mol. The molecule has 178 valence electrons. The molecule has 2 heterocycles. The van der Waals surface area contributed by atoms with Crippen molar-refractivity contribution >= 4 is 23.7 Å². The van der Waals surface area contributed by atoms with E-state index in [4.69, 9.17) is 0 Å². The summed E-state index contributed by atoms with van der Waals surface area (Å²) in [7, 11) is 0. The van der Waals surface area contributed by atoms with E-state index in [-0.39, 0.29) is 18.3 Å². The molecule has 1 aromatic carbocycles. The number of benzene rings is 1. The fourth-order valence-electron chi connectivity index (χ4n) is 3.70. The Morgan fingerprint density at radius 1 is 1.12 bits per heavy atom. The second-order valence-corrected chi connectivity index (χ2v) is 8.24. The van der Waals surface area contributed by atoms with E-state index in [1.54, 1.807) is 0 Å². The minimum absolute atomic E-state index is 0.133. The smallest absolute Gasteiger partial charge is 0.352 e. The van der Waals surface area contributed by atoms with Crippen LogP contribution >= 0.6 is 0 Å². The number of hydrogen-bond donors (Lipinski definition) is 1. The lowest BCUT2D eigenvalue weighted by molar-refractivity contribution is -0.138. The molecule has 1 fully saturated rings. The predicted octanol–water partition coefficient (Wildman–Crippen LogP) is 4.62. The zero-order valence-corrected chi connectivity index (χ0v) is 18.2. The molecule has 0 atom stereocenters. The van der Waals surface area contributed by atoms with Crippen molar-refractivity contribution in [3.8, 4) is 0 Å². The summed E-state index contributed by atoms with van der Waals surface area (Å²) in [6.07, 6.45) is 3.98. The molecule has 2 aromatic rings. The van der Waals surface area contributed by atoms with Crippen molar-refractivity contribution in [2.24, 2.45) is 5.92 Å². The van der Waals surface area contributed by atoms with Crippen molar-refractivity contribution in [2.75, 3.05) is 18.0 Å². The topological polar surface area (TPSA) is 82.6 Å². The molecule has 34 heavy (non-hydrogen) atoms. The molecule has 0 saturated heterocycles. The van der Waals surface area contributed by atoms with Crippen LogP contribution in [-0.4, -0.2) is 40.8 Å². The number of carbonyl (C=O) groups excluding carboxylic acids is 3. The fraction of sp³-hybridized carbons (Fsp3) is 0.333. The summed E-state index contributed by atoms with van der Waals surface area (Å²) in [5.74, 6) is -0.417. The number of nitrogens with zero attached hydrogens (tertiary/aromatic N) is 3. The Morgan fingerprint density at radius 3 is 2.56 bits per heavy atom. The van der Waals surface area contributed by atoms with Crippen molar-refractivity contribution in [3.05, 3.63) is 71.6 Å². The minimum atomic E-state index is -4.74. The lowest BCUT2D eigenvalue weighted by Gasteiger charge is -2.30. The molecule has 1 aliphatic heterocycles. The van der Waals surface area contributed by atoms with Crippen LogP contribution in [0.2, 0.25) is 0 Å². The third-order valence-corrected chi connectivity index (χ3v) is 5.72. The van der Waals surface area contributed by atoms with Crippen LogP contribution in [0, 0.1) is 5.92 Å². The number of pyridine rings is 1. The van der Waals surface area contributed by atoms with Gasteiger partial charge in [0.2, 0.25) is 0 Å². The summed E-state index contributed by atoms with van der Waals surface area (Å²) in [5.41, 5.74) is -1.41. The molecule has 10 heteroatoms. The van der Waals surface area contributed by atoms with Crippen LogP contribution in [0.4, 0.5) is 23.8 Å². The summed E-state index contributed by atoms with van der Waals surface area (Å²) >= 11 is 0. The Balaban J connectivity index is 1.44. The van der Waals surface area contributed by atoms with E-state index in [0.717, 1.165) is 35.8 Å². The van der Waals surface area contributed by atoms with E-state index in [1.807, 2.05) is 0 Å². The number of alkyl halides is 3. The lowest BCUT2D eigenvalue weighted by atomic mass is 10.1. The summed E-state index contributed by atoms with van der Waals surface area (Å²) < 4.78 is 40.0. The zero-order chi connectivity index (χ0) is 24.3. The number of nitrogens with one attached hydrogen (secondary N) is 1. The molecule has 7 nitrogen and oxygen atoms in total. The largest absolute Gasteiger partial charge is 0.417 e. The first-order chi connectivity index (χ1) is 16.3. The molecule has 2 aliphatic rings. The number of halogens is 3. The van der Waals surface area contributed by atoms with Crippen LogP contribution in [0.25, 0.3) is 0 Å². The van der Waals surface area contributed by atoms with Gasteiger partial charge in [-0.2, -0.15) is 13.2 Å². The number of hydrogen-bond acceptors (Lipinski definition) is 4. The van der Waals surface area contributed by atoms with Crippen LogP contribution in [-0.2, 0) is 6.18 Å². The molecule has 0 radical (unpaired) electrons. The average Bonchev–Trinajstić information content (AvgIpc) is 3.65. The first-order valence-electron chi connectivity index (χ1n) is 11.0. The van der Waals surface area contributed by atoms with Crippen molar-refractivity contribution < 1.29 is 27.6 Å². The van der Waals surface area contributed by atoms with Crippen molar-refractivity contribution in [1.82, 2.24) is 15.2 Å². The summed E-state index contributed by atoms with van der Waals surface area (Å²) in [4.78, 5) is 44.0. The van der Waals surface area contributed by atoms with Crippen LogP contribution in [0.5, 0.6) is 0 Å². The van der Waals surface area contributed by atoms with Crippen molar-refractivity contribution in [3.63, 3.8) is 0 Å². The number of rotatable bonds is 7. The van der Waals surface area contributed by atoms with Crippen molar-refractivity contribution in [2.45, 2.75) is 31.9 Å². The predicted molar refractivity (Wildman–Crippen MR) is 118 cm³/mol. The Labute approximate surface area is 194 Å². The Bertz CT molecular complexity index is 1110. The van der Waals surface area contributed by atoms with E-state index in [1.165, 1.54) is 55.6 Å². The van der Waals surface area contributed by atoms with Crippen LogP contribution in [0.3, 0.4) is 0 Å². The Kier molecular flexibility index (Phi) is 6.67. The van der Waals surface area contributed by atoms with Gasteiger partial charge in [-0.1, -0.05) is 25.0 Å². The summed E-state index contributed by atoms with van der Waals surface area (Å²) in [6.45, 7) is 0.391. The molecule has 1 aliphatic carbocycles. The third kappa shape index (κ3) is 5.27. The molecule has 0 spiro atoms. The number of aromatic nitrogens is 1. The lowest BCUT2D eigenvalue weighted by Crippen LogP contribution is -2.47. The Hall–Kier alpha value is -3.69. The van der Waals surface area contributed by atoms with Crippen LogP contribution in [0.15, 0.2) is 54.9 Å². The second-order valence-electron chi connectivity index (χ2n) is 8.24. The van der Waals surface area contributed by atoms with E-state index in [0.29, 0.717) is 17.0 Å². The molecule has 4 rings (SSSR count). The molecular weight excluding hydrogens is 449 g/mol. The molecule has 1 saturated carbocycles. The van der Waals surface area contributed by atoms with Gasteiger partial charge in [-0.05, 0) is 49.1 Å². The highest BCUT2D eigenvalue weighted by Crippen LogP contribution is 2.33. The number of imide groups is 1. The maximum absolute atomic E-state index is 13.3. The quantitative estimate of drug-likeness (QED) is 0.597. The van der Waals surface area contributed by atoms with Gasteiger partial charge in [0.05, 0.1) is 23.2 Å². The van der Waals surface area contributed by atoms with E-state index < -0.39 is 29.2 Å². The SMILES string of the molecule is O=C(NCCCC1CC1)c1ccc(N2C=CCN(C(=O)c3ccccc3C(F)(F)F)C2=O)nc1. The van der Waals surface area contributed by atoms with Gasteiger partial charge in [-0.25, -0.2) is 9.78 Å². The highest BCUT2D eigenvalue weighted by atomic mass is 19.4. The van der Waals surface area contributed by atoms with Gasteiger partial charge in [0, 0.05) is 18.9 Å². The van der Waals surface area contributed by atoms with Gasteiger partial charge in [-0.15, -0.1) is 0 Å². The number of amides is 4. The normalized spacial score (nSPS) is 16.0. The standard InChI is InChI=1S/C24H23F3N4O3/c25-24(26,27)19-7-2-1-6-18(19)22(33)31-14-4-13-30(23(31)34)20-11-10-17(15-29-20)21(32)28-12-3-5-16-8-9-16/h1-2,4,6-7,10-11,13,15-16H,3,5,8-9,12,14H2,(H,28,32). The fourth-order valence-corrected chi connectivity index (χ4v) is 3.70. The van der Waals surface area contributed by atoms with E-state index in [2.05, 4.69) is 10.3 Å². The third-order valence-electron chi connectivity index (χ3n) is 5.72. The van der Waals surface area contributed by atoms with Crippen molar-refractivity contribution in [1.29, 1.82) is 0 Å². The highest BCUT2D eigenvalue weighted by molar-refractivity contribution is 6.10. The molecule has 1 N–H and O–H groups in total. The maximum atomic E-state index is 13.3. The highest BCUT2D eigenvalue weighted by Gasteiger charge is 2.38. The molecule has 0 bridgehead atoms. The number of carbonyl (C=O) groups is 3. The number of urea groups is 1. The molecule has 1 aromatic heterocycles. The van der Waals surface area contributed by atoms with Gasteiger partial charge < -0.3 is 5.32 Å². The van der Waals surface area contributed by atoms with Crippen LogP contribution in [0.1, 0.15) is 52.0 Å². The van der Waals surface area contributed by atoms with Gasteiger partial charge in [0.1, 0.15) is 5.82 Å². The molecule has 4 amide bonds. The van der Waals surface area contributed by atoms with E-state index in [9.17, 15) is 27.6 Å². The zero-order valence-electron chi connectivity index (χ0n) is 18.2. The van der Waals surface area contributed by atoms with E-state index >= 15 is 0 Å². The first-order valence-corrected chi connectivity index (χ1v) is 11.0.